The molecule has 0 aliphatic carbocycles. The third kappa shape index (κ3) is 6.41. The van der Waals surface area contributed by atoms with Gasteiger partial charge in [0.15, 0.2) is 5.75 Å². The fourth-order valence-corrected chi connectivity index (χ4v) is 7.39. The zero-order valence-corrected chi connectivity index (χ0v) is 28.8. The van der Waals surface area contributed by atoms with Crippen molar-refractivity contribution in [3.05, 3.63) is 46.6 Å². The zero-order valence-electron chi connectivity index (χ0n) is 28.0. The maximum Gasteiger partial charge on any atom is 0.353 e. The van der Waals surface area contributed by atoms with E-state index in [0.29, 0.717) is 54.8 Å². The van der Waals surface area contributed by atoms with E-state index in [0.717, 1.165) is 24.8 Å². The summed E-state index contributed by atoms with van der Waals surface area (Å²) in [5, 5.41) is 11.3. The number of aryl methyl sites for hydroxylation is 1. The number of para-hydroxylation sites is 1. The first-order valence-corrected chi connectivity index (χ1v) is 17.4. The van der Waals surface area contributed by atoms with Gasteiger partial charge in [0.05, 0.1) is 36.2 Å². The number of primary amides is 1. The van der Waals surface area contributed by atoms with E-state index in [1.54, 1.807) is 17.7 Å². The molecular weight excluding hydrogens is 624 g/mol. The van der Waals surface area contributed by atoms with Gasteiger partial charge >= 0.3 is 5.97 Å². The van der Waals surface area contributed by atoms with Crippen LogP contribution >= 0.6 is 0 Å². The van der Waals surface area contributed by atoms with Crippen LogP contribution in [0.5, 0.6) is 5.75 Å². The maximum atomic E-state index is 13.1. The first-order chi connectivity index (χ1) is 21.9. The average Bonchev–Trinajstić information content (AvgIpc) is 3.27. The van der Waals surface area contributed by atoms with Crippen LogP contribution in [0.3, 0.4) is 0 Å². The molecule has 13 nitrogen and oxygen atoms in total. The molecule has 0 bridgehead atoms. The van der Waals surface area contributed by atoms with E-state index in [2.05, 4.69) is 14.5 Å². The van der Waals surface area contributed by atoms with Crippen molar-refractivity contribution in [3.63, 3.8) is 0 Å². The fraction of sp³-hybridized carbons (Fsp3) is 0.485. The molecule has 14 heteroatoms. The Morgan fingerprint density at radius 3 is 2.21 bits per heavy atom. The van der Waals surface area contributed by atoms with Crippen molar-refractivity contribution < 1.29 is 32.6 Å². The van der Waals surface area contributed by atoms with Gasteiger partial charge in [-0.2, -0.15) is 0 Å². The Bertz CT molecular complexity index is 1870. The molecule has 1 unspecified atom stereocenters. The predicted octanol–water partition coefficient (Wildman–Crippen LogP) is 2.67. The van der Waals surface area contributed by atoms with E-state index >= 15 is 0 Å². The number of likely N-dealkylation sites (tertiary alicyclic amines) is 1. The van der Waals surface area contributed by atoms with E-state index in [1.807, 2.05) is 50.9 Å². The normalized spacial score (nSPS) is 17.9. The number of carboxylic acid groups (broad SMARTS) is 1. The van der Waals surface area contributed by atoms with Crippen LogP contribution in [0.15, 0.2) is 24.3 Å². The van der Waals surface area contributed by atoms with Gasteiger partial charge in [-0.15, -0.1) is 0 Å². The fourth-order valence-electron chi connectivity index (χ4n) is 6.83. The Balaban J connectivity index is 1.68. The zero-order chi connectivity index (χ0) is 34.6. The highest BCUT2D eigenvalue weighted by Gasteiger charge is 2.37. The molecule has 2 fully saturated rings. The van der Waals surface area contributed by atoms with Gasteiger partial charge in [0.2, 0.25) is 15.9 Å². The Hall–Kier alpha value is -4.14. The number of hydrogen-bond acceptors (Lipinski definition) is 8. The molecule has 3 heterocycles. The highest BCUT2D eigenvalue weighted by Crippen LogP contribution is 2.49. The smallest absolute Gasteiger partial charge is 0.353 e. The maximum absolute atomic E-state index is 13.1. The number of likely N-dealkylation sites (N-methyl/N-ethyl adjacent to an activating group) is 1. The number of nitrogens with two attached hydrogens (primary N) is 1. The summed E-state index contributed by atoms with van der Waals surface area (Å²) in [5.74, 6) is -1.96. The minimum absolute atomic E-state index is 0.0355. The Morgan fingerprint density at radius 2 is 1.72 bits per heavy atom. The monoisotopic (exact) mass is 668 g/mol. The number of benzene rings is 2. The standard InChI is InChI=1S/C33H44N6O7S/c1-33(2,3)22-17-21(30(34)40)29(46-6)26(35-47(7,44)45)25(22)24-20-10-8-9-19(27(20)37(5)28(24)32(42)43)18-38-13-15-39(16-14-38)31(41)23-11-12-36(23)4/h8-10,17,23,35H,11-16,18H2,1-7H3,(H2,34,40)(H,42,43). The molecule has 1 aromatic heterocycles. The number of fused-ring (bicyclic) bond motifs is 1. The second-order valence-corrected chi connectivity index (χ2v) is 15.3. The molecule has 5 rings (SSSR count). The van der Waals surface area contributed by atoms with Gasteiger partial charge in [0.25, 0.3) is 5.91 Å². The summed E-state index contributed by atoms with van der Waals surface area (Å²) in [6, 6.07) is 7.14. The second-order valence-electron chi connectivity index (χ2n) is 13.5. The van der Waals surface area contributed by atoms with Crippen molar-refractivity contribution in [3.8, 4) is 16.9 Å². The number of aromatic carboxylic acids is 1. The topological polar surface area (TPSA) is 168 Å². The molecule has 2 aliphatic heterocycles. The summed E-state index contributed by atoms with van der Waals surface area (Å²) in [6.45, 7) is 9.67. The summed E-state index contributed by atoms with van der Waals surface area (Å²) in [5.41, 5.74) is 7.55. The summed E-state index contributed by atoms with van der Waals surface area (Å²) in [7, 11) is 1.00. The van der Waals surface area contributed by atoms with E-state index in [-0.39, 0.29) is 40.2 Å². The lowest BCUT2D eigenvalue weighted by Gasteiger charge is -2.42. The number of carboxylic acids is 1. The van der Waals surface area contributed by atoms with Crippen molar-refractivity contribution in [2.24, 2.45) is 12.8 Å². The number of rotatable bonds is 9. The predicted molar refractivity (Wildman–Crippen MR) is 180 cm³/mol. The highest BCUT2D eigenvalue weighted by atomic mass is 32.2. The molecule has 2 amide bonds. The molecule has 1 atom stereocenters. The van der Waals surface area contributed by atoms with Gasteiger partial charge in [0, 0.05) is 62.8 Å². The van der Waals surface area contributed by atoms with Crippen LogP contribution in [-0.2, 0) is 33.8 Å². The molecule has 2 aliphatic rings. The van der Waals surface area contributed by atoms with Crippen LogP contribution in [-0.4, -0.2) is 110 Å². The van der Waals surface area contributed by atoms with Gasteiger partial charge in [0.1, 0.15) is 5.69 Å². The largest absolute Gasteiger partial charge is 0.494 e. The quantitative estimate of drug-likeness (QED) is 0.311. The van der Waals surface area contributed by atoms with Gasteiger partial charge in [-0.3, -0.25) is 24.1 Å². The van der Waals surface area contributed by atoms with Crippen molar-refractivity contribution in [1.29, 1.82) is 0 Å². The second kappa shape index (κ2) is 12.5. The first kappa shape index (κ1) is 34.2. The molecule has 0 radical (unpaired) electrons. The number of nitrogens with zero attached hydrogens (tertiary/aromatic N) is 4. The number of amides is 2. The first-order valence-electron chi connectivity index (χ1n) is 15.5. The number of carbonyl (C=O) groups excluding carboxylic acids is 2. The van der Waals surface area contributed by atoms with Gasteiger partial charge < -0.3 is 25.0 Å². The number of ether oxygens (including phenoxy) is 1. The molecule has 3 aromatic rings. The number of nitrogens with one attached hydrogen (secondary N) is 1. The van der Waals surface area contributed by atoms with Gasteiger partial charge in [-0.05, 0) is 36.1 Å². The van der Waals surface area contributed by atoms with Crippen molar-refractivity contribution in [1.82, 2.24) is 19.3 Å². The van der Waals surface area contributed by atoms with Crippen LogP contribution in [0.1, 0.15) is 59.2 Å². The number of methoxy groups -OCH3 is 1. The lowest BCUT2D eigenvalue weighted by atomic mass is 9.79. The number of anilines is 1. The highest BCUT2D eigenvalue weighted by molar-refractivity contribution is 7.92. The van der Waals surface area contributed by atoms with Gasteiger partial charge in [-0.1, -0.05) is 39.0 Å². The summed E-state index contributed by atoms with van der Waals surface area (Å²) < 4.78 is 35.3. The third-order valence-corrected chi connectivity index (χ3v) is 9.82. The van der Waals surface area contributed by atoms with Crippen LogP contribution in [0.25, 0.3) is 22.0 Å². The van der Waals surface area contributed by atoms with Crippen LogP contribution in [0.2, 0.25) is 0 Å². The van der Waals surface area contributed by atoms with E-state index in [4.69, 9.17) is 10.5 Å². The van der Waals surface area contributed by atoms with E-state index in [9.17, 15) is 27.9 Å². The molecule has 254 valence electrons. The SMILES string of the molecule is COc1c(C(N)=O)cc(C(C)(C)C)c(-c2c(C(=O)O)n(C)c3c(CN4CCN(C(=O)C5CCN5C)CC4)cccc23)c1NS(C)(=O)=O. The van der Waals surface area contributed by atoms with Crippen molar-refractivity contribution >= 4 is 44.4 Å². The number of piperazine rings is 1. The molecule has 2 aromatic carbocycles. The van der Waals surface area contributed by atoms with E-state index < -0.39 is 27.3 Å². The molecule has 47 heavy (non-hydrogen) atoms. The molecular formula is C33H44N6O7S. The number of aromatic nitrogens is 1. The van der Waals surface area contributed by atoms with Crippen molar-refractivity contribution in [2.45, 2.75) is 45.2 Å². The molecule has 2 saturated heterocycles. The minimum atomic E-state index is -3.94. The Morgan fingerprint density at radius 1 is 1.06 bits per heavy atom. The van der Waals surface area contributed by atoms with Gasteiger partial charge in [-0.25, -0.2) is 13.2 Å². The van der Waals surface area contributed by atoms with E-state index in [1.165, 1.54) is 7.11 Å². The Labute approximate surface area is 275 Å². The average molecular weight is 669 g/mol. The number of hydrogen-bond donors (Lipinski definition) is 3. The molecule has 4 N–H and O–H groups in total. The minimum Gasteiger partial charge on any atom is -0.494 e. The lowest BCUT2D eigenvalue weighted by molar-refractivity contribution is -0.142. The van der Waals surface area contributed by atoms with Crippen LogP contribution in [0, 0.1) is 0 Å². The van der Waals surface area contributed by atoms with Crippen LogP contribution in [0.4, 0.5) is 5.69 Å². The third-order valence-electron chi connectivity index (χ3n) is 9.24. The molecule has 0 spiro atoms. The molecule has 0 saturated carbocycles. The Kier molecular flexibility index (Phi) is 9.07. The summed E-state index contributed by atoms with van der Waals surface area (Å²) >= 11 is 0. The summed E-state index contributed by atoms with van der Waals surface area (Å²) in [4.78, 5) is 44.9. The van der Waals surface area contributed by atoms with Crippen molar-refractivity contribution in [2.75, 3.05) is 57.9 Å². The van der Waals surface area contributed by atoms with Crippen LogP contribution < -0.4 is 15.2 Å². The number of carbonyl (C=O) groups is 3. The summed E-state index contributed by atoms with van der Waals surface area (Å²) in [6.07, 6.45) is 1.86. The number of sulfonamides is 1. The lowest BCUT2D eigenvalue weighted by Crippen LogP contribution is -2.58.